The van der Waals surface area contributed by atoms with Gasteiger partial charge in [0, 0.05) is 19.3 Å². The second-order valence-corrected chi connectivity index (χ2v) is 20.0. The van der Waals surface area contributed by atoms with Gasteiger partial charge in [-0.25, -0.2) is 4.79 Å². The number of aliphatic hydroxyl groups excluding tert-OH is 1. The molecular weight excluding hydrogens is 1050 g/mol. The zero-order valence-electron chi connectivity index (χ0n) is 45.5. The van der Waals surface area contributed by atoms with Crippen LogP contribution >= 0.6 is 0 Å². The smallest absolute Gasteiger partial charge is 0.326 e. The van der Waals surface area contributed by atoms with E-state index in [2.05, 4.69) is 47.9 Å². The minimum Gasteiger partial charge on any atom is -0.481 e. The molecule has 0 aliphatic carbocycles. The Morgan fingerprint density at radius 1 is 0.392 bits per heavy atom. The van der Waals surface area contributed by atoms with Crippen molar-refractivity contribution >= 4 is 83.0 Å². The number of aliphatic hydroxyl groups is 1. The van der Waals surface area contributed by atoms with Crippen molar-refractivity contribution in [2.45, 2.75) is 186 Å². The van der Waals surface area contributed by atoms with Crippen molar-refractivity contribution in [3.05, 3.63) is 0 Å². The van der Waals surface area contributed by atoms with Crippen LogP contribution in [-0.4, -0.2) is 187 Å². The van der Waals surface area contributed by atoms with Gasteiger partial charge in [0.25, 0.3) is 0 Å². The lowest BCUT2D eigenvalue weighted by Gasteiger charge is -2.29. The minimum atomic E-state index is -1.82. The van der Waals surface area contributed by atoms with Crippen LogP contribution in [0.25, 0.3) is 0 Å². The van der Waals surface area contributed by atoms with Crippen molar-refractivity contribution in [1.29, 1.82) is 0 Å². The van der Waals surface area contributed by atoms with Crippen LogP contribution in [0.1, 0.15) is 126 Å². The van der Waals surface area contributed by atoms with Crippen LogP contribution < -0.4 is 59.3 Å². The SMILES string of the molecule is CC(C)C[C@H](NC(=O)[C@H](CO)NC(=O)[C@H](CCC(=O)O)NC(=O)[C@@H](NC(=O)[C@H](CCC(=O)O)NC(=O)[C@H](C)NC(=O)[C@H](CCC(=O)O)NC(=O)[C@H](CC(C)C)NC(=O)[C@@H](N)CC(=O)O)C(C)C)C(=O)N[C@@H](CCCCN)C(=O)O. The van der Waals surface area contributed by atoms with Crippen molar-refractivity contribution in [3.63, 3.8) is 0 Å². The maximum atomic E-state index is 13.9. The van der Waals surface area contributed by atoms with Gasteiger partial charge < -0.3 is 90.0 Å². The predicted octanol–water partition coefficient (Wildman–Crippen LogP) is -4.28. The number of hydrogen-bond donors (Lipinski definition) is 17. The monoisotopic (exact) mass is 1130 g/mol. The number of nitrogens with one attached hydrogen (secondary N) is 9. The van der Waals surface area contributed by atoms with Gasteiger partial charge in [-0.15, -0.1) is 0 Å². The fourth-order valence-electron chi connectivity index (χ4n) is 7.34. The quantitative estimate of drug-likeness (QED) is 0.0258. The van der Waals surface area contributed by atoms with Gasteiger partial charge in [-0.1, -0.05) is 41.5 Å². The second kappa shape index (κ2) is 36.5. The average Bonchev–Trinajstić information content (AvgIpc) is 3.33. The highest BCUT2D eigenvalue weighted by Gasteiger charge is 2.36. The molecule has 0 unspecified atom stereocenters. The summed E-state index contributed by atoms with van der Waals surface area (Å²) in [5.74, 6) is -18.1. The van der Waals surface area contributed by atoms with E-state index in [0.717, 1.165) is 6.92 Å². The number of unbranched alkanes of at least 4 members (excludes halogenated alkanes) is 1. The van der Waals surface area contributed by atoms with Crippen LogP contribution in [-0.2, 0) is 67.1 Å². The molecule has 10 atom stereocenters. The summed E-state index contributed by atoms with van der Waals surface area (Å²) in [7, 11) is 0. The molecule has 31 heteroatoms. The van der Waals surface area contributed by atoms with Crippen LogP contribution in [0.5, 0.6) is 0 Å². The van der Waals surface area contributed by atoms with Gasteiger partial charge in [0.1, 0.15) is 54.4 Å². The van der Waals surface area contributed by atoms with Crippen molar-refractivity contribution in [2.24, 2.45) is 29.2 Å². The van der Waals surface area contributed by atoms with Gasteiger partial charge in [-0.2, -0.15) is 0 Å². The highest BCUT2D eigenvalue weighted by atomic mass is 16.4. The first-order valence-corrected chi connectivity index (χ1v) is 25.6. The number of rotatable bonds is 40. The van der Waals surface area contributed by atoms with E-state index in [4.69, 9.17) is 16.6 Å². The van der Waals surface area contributed by atoms with E-state index < -0.39 is 201 Å². The first kappa shape index (κ1) is 71.5. The molecule has 0 aliphatic rings. The molecule has 0 bridgehead atoms. The summed E-state index contributed by atoms with van der Waals surface area (Å²) in [5.41, 5.74) is 11.1. The lowest BCUT2D eigenvalue weighted by atomic mass is 10.0. The third-order valence-corrected chi connectivity index (χ3v) is 11.6. The molecule has 0 aromatic rings. The summed E-state index contributed by atoms with van der Waals surface area (Å²) < 4.78 is 0. The fourth-order valence-corrected chi connectivity index (χ4v) is 7.34. The lowest BCUT2D eigenvalue weighted by molar-refractivity contribution is -0.143. The molecule has 0 heterocycles. The van der Waals surface area contributed by atoms with E-state index in [-0.39, 0.29) is 37.6 Å². The van der Waals surface area contributed by atoms with Gasteiger partial charge in [0.05, 0.1) is 19.1 Å². The van der Waals surface area contributed by atoms with Crippen LogP contribution in [0.15, 0.2) is 0 Å². The molecule has 0 aromatic heterocycles. The van der Waals surface area contributed by atoms with Gasteiger partial charge in [0.2, 0.25) is 53.2 Å². The highest BCUT2D eigenvalue weighted by molar-refractivity contribution is 5.99. The normalized spacial score (nSPS) is 14.9. The Hall–Kier alpha value is -7.54. The average molecular weight is 1130 g/mol. The number of aliphatic carboxylic acids is 5. The van der Waals surface area contributed by atoms with Crippen molar-refractivity contribution in [3.8, 4) is 0 Å². The summed E-state index contributed by atoms with van der Waals surface area (Å²) in [4.78, 5) is 179. The summed E-state index contributed by atoms with van der Waals surface area (Å²) in [6.07, 6.45) is -3.93. The maximum Gasteiger partial charge on any atom is 0.326 e. The molecule has 0 saturated heterocycles. The Morgan fingerprint density at radius 3 is 1.14 bits per heavy atom. The Balaban J connectivity index is 6.50. The van der Waals surface area contributed by atoms with Gasteiger partial charge in [-0.05, 0) is 82.6 Å². The largest absolute Gasteiger partial charge is 0.481 e. The molecule has 0 spiro atoms. The number of carboxylic acids is 5. The Morgan fingerprint density at radius 2 is 0.747 bits per heavy atom. The second-order valence-electron chi connectivity index (χ2n) is 20.0. The molecule has 0 saturated carbocycles. The van der Waals surface area contributed by atoms with Crippen LogP contribution in [0.2, 0.25) is 0 Å². The van der Waals surface area contributed by atoms with Crippen LogP contribution in [0, 0.1) is 17.8 Å². The zero-order valence-corrected chi connectivity index (χ0v) is 45.5. The summed E-state index contributed by atoms with van der Waals surface area (Å²) >= 11 is 0. The van der Waals surface area contributed by atoms with Gasteiger partial charge in [0.15, 0.2) is 0 Å². The van der Waals surface area contributed by atoms with Crippen LogP contribution in [0.4, 0.5) is 0 Å². The number of carbonyl (C=O) groups excluding carboxylic acids is 9. The molecule has 448 valence electrons. The number of hydrogen-bond acceptors (Lipinski definition) is 17. The molecular formula is C48H81N11O20. The molecule has 79 heavy (non-hydrogen) atoms. The maximum absolute atomic E-state index is 13.9. The van der Waals surface area contributed by atoms with Crippen LogP contribution in [0.3, 0.4) is 0 Å². The number of amides is 9. The lowest BCUT2D eigenvalue weighted by Crippen LogP contribution is -2.61. The standard InChI is InChI=1S/C48H81N11O20/c1-22(2)18-31(56-40(70)26(50)20-37(67)68)44(74)53-27(11-14-34(61)62)41(71)51-25(7)39(69)52-29(13-16-36(65)66)43(73)59-38(24(5)6)47(77)54-28(12-15-35(63)64)42(72)58-33(21-60)46(76)57-32(19-23(3)4)45(75)55-30(48(78)79)10-8-9-17-49/h22-33,38,60H,8-21,49-50H2,1-7H3,(H,51,71)(H,52,69)(H,53,74)(H,54,77)(H,55,75)(H,56,70)(H,57,76)(H,58,72)(H,59,73)(H,61,62)(H,63,64)(H,65,66)(H,67,68)(H,78,79)/t25-,26-,27-,28-,29-,30-,31-,32-,33-,38-/m0/s1. The van der Waals surface area contributed by atoms with E-state index in [1.165, 1.54) is 13.8 Å². The summed E-state index contributed by atoms with van der Waals surface area (Å²) in [6.45, 7) is 9.93. The van der Waals surface area contributed by atoms with E-state index in [0.29, 0.717) is 12.8 Å². The molecule has 0 aliphatic heterocycles. The van der Waals surface area contributed by atoms with Crippen molar-refractivity contribution in [2.75, 3.05) is 13.2 Å². The Labute approximate surface area is 456 Å². The Bertz CT molecular complexity index is 2140. The third kappa shape index (κ3) is 29.1. The van der Waals surface area contributed by atoms with Crippen molar-refractivity contribution < 1.29 is 97.8 Å². The molecule has 0 rings (SSSR count). The Kier molecular flexibility index (Phi) is 33.0. The first-order chi connectivity index (χ1) is 36.7. The van der Waals surface area contributed by atoms with E-state index in [1.54, 1.807) is 27.7 Å². The molecule has 9 amide bonds. The first-order valence-electron chi connectivity index (χ1n) is 25.6. The zero-order chi connectivity index (χ0) is 60.9. The van der Waals surface area contributed by atoms with Gasteiger partial charge in [-0.3, -0.25) is 62.3 Å². The van der Waals surface area contributed by atoms with Gasteiger partial charge >= 0.3 is 29.8 Å². The fraction of sp³-hybridized carbons (Fsp3) is 0.708. The van der Waals surface area contributed by atoms with E-state index in [9.17, 15) is 92.7 Å². The summed E-state index contributed by atoms with van der Waals surface area (Å²) in [6, 6.07) is -15.9. The molecule has 0 aromatic carbocycles. The third-order valence-electron chi connectivity index (χ3n) is 11.6. The van der Waals surface area contributed by atoms with E-state index in [1.807, 2.05) is 0 Å². The predicted molar refractivity (Wildman–Crippen MR) is 275 cm³/mol. The van der Waals surface area contributed by atoms with Crippen molar-refractivity contribution in [1.82, 2.24) is 47.9 Å². The highest BCUT2D eigenvalue weighted by Crippen LogP contribution is 2.12. The number of carboxylic acid groups (broad SMARTS) is 5. The topological polar surface area (TPSA) is 521 Å². The molecule has 0 radical (unpaired) electrons. The molecule has 0 fully saturated rings. The summed E-state index contributed by atoms with van der Waals surface area (Å²) in [5, 5.41) is 77.9. The molecule has 19 N–H and O–H groups in total. The van der Waals surface area contributed by atoms with E-state index >= 15 is 0 Å². The molecule has 31 nitrogen and oxygen atoms in total. The number of carbonyl (C=O) groups is 14. The number of nitrogens with two attached hydrogens (primary N) is 2. The minimum absolute atomic E-state index is 0.0200.